The first-order chi connectivity index (χ1) is 14.7. The molecule has 2 heterocycles. The molecule has 4 rings (SSSR count). The number of carbonyl (C=O) groups is 2. The Balaban J connectivity index is 1.80. The van der Waals surface area contributed by atoms with E-state index in [1.54, 1.807) is 49.1 Å². The third-order valence-electron chi connectivity index (χ3n) is 6.14. The number of urea groups is 1. The van der Waals surface area contributed by atoms with Crippen molar-refractivity contribution in [1.29, 1.82) is 0 Å². The molecule has 1 saturated heterocycles. The normalized spacial score (nSPS) is 20.5. The fourth-order valence-corrected chi connectivity index (χ4v) is 6.22. The fourth-order valence-electron chi connectivity index (χ4n) is 4.50. The second-order valence-electron chi connectivity index (χ2n) is 8.28. The number of sulfonamides is 1. The lowest BCUT2D eigenvalue weighted by atomic mass is 10.0. The monoisotopic (exact) mass is 441 g/mol. The zero-order chi connectivity index (χ0) is 22.3. The Hall–Kier alpha value is -2.87. The first-order valence-corrected chi connectivity index (χ1v) is 12.0. The van der Waals surface area contributed by atoms with Crippen LogP contribution in [0.5, 0.6) is 0 Å². The van der Waals surface area contributed by atoms with Gasteiger partial charge in [0, 0.05) is 12.6 Å². The summed E-state index contributed by atoms with van der Waals surface area (Å²) in [7, 11) is -4.12. The highest BCUT2D eigenvalue weighted by molar-refractivity contribution is 7.94. The predicted molar refractivity (Wildman–Crippen MR) is 120 cm³/mol. The van der Waals surface area contributed by atoms with Crippen molar-refractivity contribution in [3.8, 4) is 0 Å². The number of fused-ring (bicyclic) bond motifs is 1. The molecule has 0 unspecified atom stereocenters. The highest BCUT2D eigenvalue weighted by atomic mass is 32.2. The number of likely N-dealkylation sites (tertiary alicyclic amines) is 1. The third kappa shape index (κ3) is 3.59. The molecule has 0 aliphatic carbocycles. The highest BCUT2D eigenvalue weighted by Crippen LogP contribution is 2.39. The molecule has 0 N–H and O–H groups in total. The van der Waals surface area contributed by atoms with E-state index in [-0.39, 0.29) is 29.1 Å². The van der Waals surface area contributed by atoms with Crippen molar-refractivity contribution in [1.82, 2.24) is 4.90 Å². The topological polar surface area (TPSA) is 78.0 Å². The number of anilines is 2. The van der Waals surface area contributed by atoms with E-state index in [9.17, 15) is 18.0 Å². The van der Waals surface area contributed by atoms with Gasteiger partial charge in [-0.2, -0.15) is 4.31 Å². The quantitative estimate of drug-likeness (QED) is 0.725. The number of para-hydroxylation sites is 2. The Morgan fingerprint density at radius 2 is 1.71 bits per heavy atom. The lowest BCUT2D eigenvalue weighted by Gasteiger charge is -2.39. The highest BCUT2D eigenvalue weighted by Gasteiger charge is 2.44. The lowest BCUT2D eigenvalue weighted by molar-refractivity contribution is -0.132. The van der Waals surface area contributed by atoms with Crippen molar-refractivity contribution in [3.63, 3.8) is 0 Å². The molecule has 7 nitrogen and oxygen atoms in total. The Morgan fingerprint density at radius 1 is 1.03 bits per heavy atom. The number of aryl methyl sites for hydroxylation is 2. The van der Waals surface area contributed by atoms with Crippen molar-refractivity contribution in [2.24, 2.45) is 0 Å². The van der Waals surface area contributed by atoms with Crippen LogP contribution in [0.2, 0.25) is 0 Å². The molecular formula is C23H27N3O4S. The maximum atomic E-state index is 13.6. The average molecular weight is 442 g/mol. The molecule has 164 valence electrons. The van der Waals surface area contributed by atoms with Crippen LogP contribution in [-0.4, -0.2) is 44.4 Å². The molecule has 0 saturated carbocycles. The van der Waals surface area contributed by atoms with Crippen LogP contribution in [0.3, 0.4) is 0 Å². The van der Waals surface area contributed by atoms with Crippen LogP contribution in [0.1, 0.15) is 37.3 Å². The van der Waals surface area contributed by atoms with Crippen LogP contribution >= 0.6 is 0 Å². The second kappa shape index (κ2) is 8.00. The molecule has 31 heavy (non-hydrogen) atoms. The molecule has 2 aromatic carbocycles. The summed E-state index contributed by atoms with van der Waals surface area (Å²) >= 11 is 0. The summed E-state index contributed by atoms with van der Waals surface area (Å²) in [5, 5.41) is 0. The van der Waals surface area contributed by atoms with Crippen LogP contribution in [0.4, 0.5) is 16.2 Å². The number of hydrogen-bond acceptors (Lipinski definition) is 4. The first-order valence-electron chi connectivity index (χ1n) is 10.5. The Kier molecular flexibility index (Phi) is 5.51. The van der Waals surface area contributed by atoms with Crippen LogP contribution in [0.15, 0.2) is 47.4 Å². The minimum absolute atomic E-state index is 0.0248. The summed E-state index contributed by atoms with van der Waals surface area (Å²) in [6.07, 6.45) is 2.94. The van der Waals surface area contributed by atoms with E-state index in [4.69, 9.17) is 0 Å². The Morgan fingerprint density at radius 3 is 2.39 bits per heavy atom. The van der Waals surface area contributed by atoms with E-state index >= 15 is 0 Å². The number of piperidine rings is 1. The number of rotatable bonds is 3. The van der Waals surface area contributed by atoms with E-state index in [1.165, 1.54) is 11.0 Å². The number of carbonyl (C=O) groups excluding carboxylic acids is 2. The van der Waals surface area contributed by atoms with Gasteiger partial charge in [-0.15, -0.1) is 0 Å². The summed E-state index contributed by atoms with van der Waals surface area (Å²) in [5.74, 6) is -0.170. The summed E-state index contributed by atoms with van der Waals surface area (Å²) in [4.78, 5) is 29.9. The number of nitrogens with zero attached hydrogens (tertiary/aromatic N) is 3. The van der Waals surface area contributed by atoms with E-state index in [2.05, 4.69) is 0 Å². The van der Waals surface area contributed by atoms with Gasteiger partial charge in [-0.1, -0.05) is 30.3 Å². The Bertz CT molecular complexity index is 1130. The lowest BCUT2D eigenvalue weighted by Crippen LogP contribution is -2.55. The summed E-state index contributed by atoms with van der Waals surface area (Å²) < 4.78 is 27.8. The predicted octanol–water partition coefficient (Wildman–Crippen LogP) is 3.84. The molecule has 0 bridgehead atoms. The maximum absolute atomic E-state index is 13.6. The second-order valence-corrected chi connectivity index (χ2v) is 10.0. The molecule has 1 fully saturated rings. The summed E-state index contributed by atoms with van der Waals surface area (Å²) in [6.45, 7) is 6.02. The van der Waals surface area contributed by atoms with Crippen LogP contribution < -0.4 is 9.21 Å². The molecule has 2 aliphatic heterocycles. The number of amides is 3. The van der Waals surface area contributed by atoms with E-state index in [0.717, 1.165) is 23.6 Å². The standard InChI is InChI=1S/C23H27N3O4S/c1-16-9-8-10-17(2)22(16)26-23(28)25(15-21(27)24-14-7-6-11-18(24)3)19-12-4-5-13-20(19)31(26,29)30/h4-5,8-10,12-13,18H,6-7,11,14-15H2,1-3H3/t18-/m0/s1. The van der Waals surface area contributed by atoms with Gasteiger partial charge < -0.3 is 4.90 Å². The fraction of sp³-hybridized carbons (Fsp3) is 0.391. The summed E-state index contributed by atoms with van der Waals surface area (Å²) in [6, 6.07) is 11.1. The minimum Gasteiger partial charge on any atom is -0.338 e. The van der Waals surface area contributed by atoms with Crippen molar-refractivity contribution in [2.45, 2.75) is 51.0 Å². The van der Waals surface area contributed by atoms with E-state index in [0.29, 0.717) is 23.4 Å². The maximum Gasteiger partial charge on any atom is 0.343 e. The van der Waals surface area contributed by atoms with Gasteiger partial charge in [-0.25, -0.2) is 13.2 Å². The molecular weight excluding hydrogens is 414 g/mol. The smallest absolute Gasteiger partial charge is 0.338 e. The zero-order valence-corrected chi connectivity index (χ0v) is 18.9. The van der Waals surface area contributed by atoms with Crippen molar-refractivity contribution in [2.75, 3.05) is 22.3 Å². The molecule has 2 aromatic rings. The third-order valence-corrected chi connectivity index (χ3v) is 7.86. The molecule has 0 radical (unpaired) electrons. The van der Waals surface area contributed by atoms with Gasteiger partial charge in [0.15, 0.2) is 0 Å². The molecule has 1 atom stereocenters. The van der Waals surface area contributed by atoms with Crippen LogP contribution in [0, 0.1) is 13.8 Å². The Labute approximate surface area is 183 Å². The number of hydrogen-bond donors (Lipinski definition) is 0. The zero-order valence-electron chi connectivity index (χ0n) is 18.0. The molecule has 2 aliphatic rings. The minimum atomic E-state index is -4.12. The van der Waals surface area contributed by atoms with Gasteiger partial charge in [0.25, 0.3) is 10.0 Å². The van der Waals surface area contributed by atoms with Crippen molar-refractivity contribution < 1.29 is 18.0 Å². The van der Waals surface area contributed by atoms with Crippen LogP contribution in [-0.2, 0) is 14.8 Å². The molecule has 0 spiro atoms. The van der Waals surface area contributed by atoms with E-state index < -0.39 is 16.1 Å². The van der Waals surface area contributed by atoms with Gasteiger partial charge in [0.2, 0.25) is 5.91 Å². The molecule has 0 aromatic heterocycles. The van der Waals surface area contributed by atoms with Crippen LogP contribution in [0.25, 0.3) is 0 Å². The largest absolute Gasteiger partial charge is 0.343 e. The number of benzene rings is 2. The van der Waals surface area contributed by atoms with Crippen molar-refractivity contribution in [3.05, 3.63) is 53.6 Å². The van der Waals surface area contributed by atoms with Gasteiger partial charge in [-0.05, 0) is 63.3 Å². The van der Waals surface area contributed by atoms with Gasteiger partial charge in [0.1, 0.15) is 11.4 Å². The molecule has 8 heteroatoms. The van der Waals surface area contributed by atoms with Gasteiger partial charge in [-0.3, -0.25) is 9.69 Å². The first kappa shape index (κ1) is 21.4. The van der Waals surface area contributed by atoms with E-state index in [1.807, 2.05) is 13.0 Å². The SMILES string of the molecule is Cc1cccc(C)c1N1C(=O)N(CC(=O)N2CCCC[C@@H]2C)c2ccccc2S1(=O)=O. The summed E-state index contributed by atoms with van der Waals surface area (Å²) in [5.41, 5.74) is 1.93. The van der Waals surface area contributed by atoms with Gasteiger partial charge >= 0.3 is 6.03 Å². The molecule has 3 amide bonds. The van der Waals surface area contributed by atoms with Gasteiger partial charge in [0.05, 0.1) is 11.4 Å². The van der Waals surface area contributed by atoms with Crippen molar-refractivity contribution >= 4 is 33.3 Å². The average Bonchev–Trinajstić information content (AvgIpc) is 2.73.